The molecule has 0 spiro atoms. The number of H-pyrrole nitrogens is 1. The first-order chi connectivity index (χ1) is 15.6. The Balaban J connectivity index is 1.47. The maximum atomic E-state index is 12.8. The average Bonchev–Trinajstić information content (AvgIpc) is 3.50. The number of aliphatic imine (C=N–C) groups is 1. The molecule has 0 aromatic carbocycles. The van der Waals surface area contributed by atoms with Crippen LogP contribution in [0.2, 0.25) is 0 Å². The summed E-state index contributed by atoms with van der Waals surface area (Å²) in [5, 5.41) is 8.10. The molecule has 0 atom stereocenters. The van der Waals surface area contributed by atoms with Crippen molar-refractivity contribution in [2.75, 3.05) is 11.9 Å². The lowest BCUT2D eigenvalue weighted by Gasteiger charge is -2.30. The largest absolute Gasteiger partial charge is 0.346 e. The fraction of sp³-hybridized carbons (Fsp3) is 0.435. The number of aromatic nitrogens is 6. The molecule has 0 bridgehead atoms. The van der Waals surface area contributed by atoms with E-state index in [0.29, 0.717) is 17.6 Å². The Hall–Kier alpha value is -3.49. The average molecular weight is 433 g/mol. The van der Waals surface area contributed by atoms with E-state index in [0.717, 1.165) is 66.5 Å². The van der Waals surface area contributed by atoms with Crippen molar-refractivity contribution in [1.82, 2.24) is 29.3 Å². The lowest BCUT2D eigenvalue weighted by molar-refractivity contribution is -0.115. The standard InChI is InChI=1S/C23H28N8O/c1-24-9-7-15-3-5-17(6-4-15)31-20(11-21(32)28-16-12-27-30(2)14-16)29-19-13-26-23-18(22(19)31)8-10-25-23/h8,10,12-15,17H,1,3-7,9,11H2,2H3,(H,25,26)(H,28,32). The van der Waals surface area contributed by atoms with Crippen LogP contribution in [0.25, 0.3) is 22.1 Å². The van der Waals surface area contributed by atoms with Gasteiger partial charge in [0.15, 0.2) is 0 Å². The summed E-state index contributed by atoms with van der Waals surface area (Å²) >= 11 is 0. The van der Waals surface area contributed by atoms with Gasteiger partial charge in [-0.15, -0.1) is 0 Å². The third-order valence-corrected chi connectivity index (χ3v) is 6.49. The number of carbonyl (C=O) groups excluding carboxylic acids is 1. The summed E-state index contributed by atoms with van der Waals surface area (Å²) in [6.45, 7) is 4.45. The monoisotopic (exact) mass is 432 g/mol. The Morgan fingerprint density at radius 3 is 2.91 bits per heavy atom. The van der Waals surface area contributed by atoms with Gasteiger partial charge in [0.25, 0.3) is 0 Å². The minimum atomic E-state index is -0.0985. The van der Waals surface area contributed by atoms with E-state index in [2.05, 4.69) is 36.7 Å². The van der Waals surface area contributed by atoms with Gasteiger partial charge in [0.05, 0.1) is 30.0 Å². The molecule has 9 heteroatoms. The number of aryl methyl sites for hydroxylation is 1. The van der Waals surface area contributed by atoms with Crippen LogP contribution in [0.4, 0.5) is 5.69 Å². The van der Waals surface area contributed by atoms with Gasteiger partial charge in [0.2, 0.25) is 5.91 Å². The zero-order valence-corrected chi connectivity index (χ0v) is 18.3. The summed E-state index contributed by atoms with van der Waals surface area (Å²) in [5.74, 6) is 1.38. The highest BCUT2D eigenvalue weighted by atomic mass is 16.1. The highest BCUT2D eigenvalue weighted by Gasteiger charge is 2.27. The molecule has 0 unspecified atom stereocenters. The van der Waals surface area contributed by atoms with E-state index >= 15 is 0 Å². The van der Waals surface area contributed by atoms with Crippen LogP contribution in [-0.4, -0.2) is 48.5 Å². The second kappa shape index (κ2) is 8.57. The molecule has 9 nitrogen and oxygen atoms in total. The maximum Gasteiger partial charge on any atom is 0.232 e. The van der Waals surface area contributed by atoms with E-state index in [9.17, 15) is 4.79 Å². The highest BCUT2D eigenvalue weighted by molar-refractivity contribution is 6.02. The molecule has 0 aliphatic heterocycles. The number of imidazole rings is 1. The third kappa shape index (κ3) is 3.90. The summed E-state index contributed by atoms with van der Waals surface area (Å²) in [6.07, 6.45) is 12.9. The molecule has 0 radical (unpaired) electrons. The van der Waals surface area contributed by atoms with Gasteiger partial charge in [-0.2, -0.15) is 5.10 Å². The minimum Gasteiger partial charge on any atom is -0.346 e. The Kier molecular flexibility index (Phi) is 5.46. The van der Waals surface area contributed by atoms with Crippen molar-refractivity contribution in [3.63, 3.8) is 0 Å². The molecule has 4 aromatic rings. The molecular weight excluding hydrogens is 404 g/mol. The number of pyridine rings is 1. The van der Waals surface area contributed by atoms with Gasteiger partial charge in [0.1, 0.15) is 17.0 Å². The van der Waals surface area contributed by atoms with E-state index < -0.39 is 0 Å². The van der Waals surface area contributed by atoms with E-state index in [-0.39, 0.29) is 12.3 Å². The lowest BCUT2D eigenvalue weighted by atomic mass is 9.84. The number of fused-ring (bicyclic) bond motifs is 3. The summed E-state index contributed by atoms with van der Waals surface area (Å²) in [6, 6.07) is 2.36. The number of amides is 1. The van der Waals surface area contributed by atoms with Gasteiger partial charge in [0, 0.05) is 37.4 Å². The topological polar surface area (TPSA) is 106 Å². The number of hydrogen-bond acceptors (Lipinski definition) is 5. The van der Waals surface area contributed by atoms with Crippen LogP contribution in [0.1, 0.15) is 44.0 Å². The van der Waals surface area contributed by atoms with Crippen LogP contribution in [-0.2, 0) is 18.3 Å². The van der Waals surface area contributed by atoms with Crippen LogP contribution in [0, 0.1) is 5.92 Å². The first-order valence-corrected chi connectivity index (χ1v) is 11.2. The SMILES string of the molecule is C=NCCC1CCC(n2c(CC(=O)Nc3cnn(C)c3)nc3cnc4[nH]ccc4c32)CC1. The van der Waals surface area contributed by atoms with Gasteiger partial charge in [-0.25, -0.2) is 9.97 Å². The van der Waals surface area contributed by atoms with Gasteiger partial charge < -0.3 is 19.9 Å². The van der Waals surface area contributed by atoms with Gasteiger partial charge in [-0.3, -0.25) is 9.48 Å². The fourth-order valence-electron chi connectivity index (χ4n) is 4.96. The summed E-state index contributed by atoms with van der Waals surface area (Å²) < 4.78 is 3.97. The predicted molar refractivity (Wildman–Crippen MR) is 125 cm³/mol. The molecule has 4 aromatic heterocycles. The molecule has 1 amide bonds. The van der Waals surface area contributed by atoms with Gasteiger partial charge in [-0.05, 0) is 50.8 Å². The van der Waals surface area contributed by atoms with Crippen molar-refractivity contribution in [3.05, 3.63) is 36.7 Å². The van der Waals surface area contributed by atoms with Crippen molar-refractivity contribution < 1.29 is 4.79 Å². The predicted octanol–water partition coefficient (Wildman–Crippen LogP) is 3.65. The van der Waals surface area contributed by atoms with Crippen molar-refractivity contribution in [2.45, 2.75) is 44.6 Å². The fourth-order valence-corrected chi connectivity index (χ4v) is 4.96. The van der Waals surface area contributed by atoms with Crippen molar-refractivity contribution >= 4 is 40.4 Å². The molecule has 32 heavy (non-hydrogen) atoms. The molecule has 4 heterocycles. The molecule has 1 saturated carbocycles. The minimum absolute atomic E-state index is 0.0985. The van der Waals surface area contributed by atoms with Crippen molar-refractivity contribution in [1.29, 1.82) is 0 Å². The van der Waals surface area contributed by atoms with E-state index in [4.69, 9.17) is 4.98 Å². The molecular formula is C23H28N8O. The van der Waals surface area contributed by atoms with Crippen LogP contribution in [0.5, 0.6) is 0 Å². The van der Waals surface area contributed by atoms with Gasteiger partial charge in [-0.1, -0.05) is 0 Å². The number of hydrogen-bond donors (Lipinski definition) is 2. The molecule has 166 valence electrons. The Bertz CT molecular complexity index is 1260. The first-order valence-electron chi connectivity index (χ1n) is 11.2. The summed E-state index contributed by atoms with van der Waals surface area (Å²) in [4.78, 5) is 29.4. The van der Waals surface area contributed by atoms with E-state index in [1.807, 2.05) is 19.3 Å². The molecule has 1 aliphatic rings. The quantitative estimate of drug-likeness (QED) is 0.435. The number of nitrogens with one attached hydrogen (secondary N) is 2. The second-order valence-corrected chi connectivity index (χ2v) is 8.67. The zero-order chi connectivity index (χ0) is 22.1. The maximum absolute atomic E-state index is 12.8. The number of carbonyl (C=O) groups is 1. The third-order valence-electron chi connectivity index (χ3n) is 6.49. The van der Waals surface area contributed by atoms with E-state index in [1.54, 1.807) is 23.3 Å². The Labute approximate surface area is 186 Å². The smallest absolute Gasteiger partial charge is 0.232 e. The van der Waals surface area contributed by atoms with Crippen LogP contribution in [0.15, 0.2) is 35.8 Å². The number of aromatic amines is 1. The van der Waals surface area contributed by atoms with Crippen LogP contribution in [0.3, 0.4) is 0 Å². The zero-order valence-electron chi connectivity index (χ0n) is 18.3. The number of nitrogens with zero attached hydrogens (tertiary/aromatic N) is 6. The van der Waals surface area contributed by atoms with Crippen LogP contribution < -0.4 is 5.32 Å². The van der Waals surface area contributed by atoms with Gasteiger partial charge >= 0.3 is 0 Å². The molecule has 2 N–H and O–H groups in total. The Morgan fingerprint density at radius 1 is 1.31 bits per heavy atom. The molecule has 5 rings (SSSR count). The number of anilines is 1. The van der Waals surface area contributed by atoms with Crippen molar-refractivity contribution in [2.24, 2.45) is 18.0 Å². The second-order valence-electron chi connectivity index (χ2n) is 8.67. The first kappa shape index (κ1) is 20.4. The number of rotatable bonds is 7. The van der Waals surface area contributed by atoms with E-state index in [1.165, 1.54) is 0 Å². The normalized spacial score (nSPS) is 18.9. The summed E-state index contributed by atoms with van der Waals surface area (Å²) in [7, 11) is 1.83. The lowest BCUT2D eigenvalue weighted by Crippen LogP contribution is -2.23. The van der Waals surface area contributed by atoms with Crippen LogP contribution >= 0.6 is 0 Å². The molecule has 1 aliphatic carbocycles. The molecule has 0 saturated heterocycles. The van der Waals surface area contributed by atoms with Crippen molar-refractivity contribution in [3.8, 4) is 0 Å². The summed E-state index contributed by atoms with van der Waals surface area (Å²) in [5.41, 5.74) is 3.43. The Morgan fingerprint density at radius 2 is 2.16 bits per heavy atom. The highest BCUT2D eigenvalue weighted by Crippen LogP contribution is 2.38. The molecule has 1 fully saturated rings.